The molecule has 160 valence electrons. The highest BCUT2D eigenvalue weighted by molar-refractivity contribution is 5.95. The van der Waals surface area contributed by atoms with Crippen LogP contribution in [0.15, 0.2) is 59.4 Å². The topological polar surface area (TPSA) is 93.5 Å². The molecule has 3 aromatic rings. The van der Waals surface area contributed by atoms with Crippen molar-refractivity contribution in [2.75, 3.05) is 7.11 Å². The van der Waals surface area contributed by atoms with E-state index >= 15 is 0 Å². The van der Waals surface area contributed by atoms with Gasteiger partial charge in [-0.3, -0.25) is 9.59 Å². The number of amides is 1. The smallest absolute Gasteiger partial charge is 0.284 e. The Balaban J connectivity index is 1.81. The van der Waals surface area contributed by atoms with Crippen LogP contribution in [0.5, 0.6) is 5.75 Å². The van der Waals surface area contributed by atoms with Gasteiger partial charge < -0.3 is 15.2 Å². The number of carbonyl (C=O) groups excluding carboxylic acids is 1. The van der Waals surface area contributed by atoms with E-state index in [1.807, 2.05) is 0 Å². The summed E-state index contributed by atoms with van der Waals surface area (Å²) in [4.78, 5) is 26.0. The van der Waals surface area contributed by atoms with Crippen molar-refractivity contribution in [1.82, 2.24) is 15.1 Å². The molecule has 8 heteroatoms. The lowest BCUT2D eigenvalue weighted by Crippen LogP contribution is -2.42. The van der Waals surface area contributed by atoms with Gasteiger partial charge in [-0.05, 0) is 67.8 Å². The molecule has 0 aliphatic heterocycles. The number of hydrogen-bond donors (Lipinski definition) is 2. The molecule has 0 bridgehead atoms. The van der Waals surface area contributed by atoms with E-state index in [0.717, 1.165) is 11.1 Å². The predicted octanol–water partition coefficient (Wildman–Crippen LogP) is 2.69. The van der Waals surface area contributed by atoms with Crippen LogP contribution < -0.4 is 15.6 Å². The molecule has 31 heavy (non-hydrogen) atoms. The van der Waals surface area contributed by atoms with E-state index < -0.39 is 29.4 Å². The first kappa shape index (κ1) is 20.7. The Morgan fingerprint density at radius 2 is 1.97 bits per heavy atom. The number of ether oxygens (including phenoxy) is 1. The minimum atomic E-state index is -0.673. The van der Waals surface area contributed by atoms with Gasteiger partial charge in [-0.15, -0.1) is 0 Å². The summed E-state index contributed by atoms with van der Waals surface area (Å²) in [6, 6.07) is 13.4. The summed E-state index contributed by atoms with van der Waals surface area (Å²) < 4.78 is 20.0. The van der Waals surface area contributed by atoms with Crippen molar-refractivity contribution in [3.05, 3.63) is 76.3 Å². The Morgan fingerprint density at radius 3 is 2.61 bits per heavy atom. The van der Waals surface area contributed by atoms with Gasteiger partial charge in [0.15, 0.2) is 0 Å². The summed E-state index contributed by atoms with van der Waals surface area (Å²) in [7, 11) is 1.55. The largest absolute Gasteiger partial charge is 0.497 e. The lowest BCUT2D eigenvalue weighted by atomic mass is 10.1. The lowest BCUT2D eigenvalue weighted by Gasteiger charge is -2.17. The fraction of sp³-hybridized carbons (Fsp3) is 0.261. The van der Waals surface area contributed by atoms with E-state index in [1.54, 1.807) is 31.4 Å². The number of aliphatic hydroxyl groups excluding tert-OH is 1. The first-order valence-electron chi connectivity index (χ1n) is 10.00. The van der Waals surface area contributed by atoms with E-state index in [1.165, 1.54) is 30.3 Å². The molecule has 1 saturated carbocycles. The number of aromatic nitrogens is 2. The third-order valence-corrected chi connectivity index (χ3v) is 5.39. The Bertz CT molecular complexity index is 1160. The van der Waals surface area contributed by atoms with Gasteiger partial charge in [-0.2, -0.15) is 9.78 Å². The van der Waals surface area contributed by atoms with Gasteiger partial charge in [0.05, 0.1) is 30.6 Å². The van der Waals surface area contributed by atoms with Crippen molar-refractivity contribution in [3.8, 4) is 22.7 Å². The number of carbonyl (C=O) groups is 1. The molecule has 1 aliphatic rings. The average Bonchev–Trinajstić information content (AvgIpc) is 3.18. The van der Waals surface area contributed by atoms with Crippen LogP contribution in [0, 0.1) is 5.82 Å². The van der Waals surface area contributed by atoms with Crippen molar-refractivity contribution in [3.63, 3.8) is 0 Å². The van der Waals surface area contributed by atoms with E-state index in [4.69, 9.17) is 4.74 Å². The molecule has 1 heterocycles. The van der Waals surface area contributed by atoms with Crippen molar-refractivity contribution >= 4 is 5.91 Å². The Kier molecular flexibility index (Phi) is 5.81. The van der Waals surface area contributed by atoms with Crippen molar-refractivity contribution in [2.24, 2.45) is 0 Å². The van der Waals surface area contributed by atoms with Crippen LogP contribution in [0.4, 0.5) is 4.39 Å². The summed E-state index contributed by atoms with van der Waals surface area (Å²) in [5.74, 6) is -0.477. The number of benzene rings is 2. The maximum absolute atomic E-state index is 13.8. The molecule has 4 rings (SSSR count). The van der Waals surface area contributed by atoms with Crippen LogP contribution in [-0.2, 0) is 0 Å². The van der Waals surface area contributed by atoms with Crippen molar-refractivity contribution in [2.45, 2.75) is 31.4 Å². The molecule has 0 saturated heterocycles. The summed E-state index contributed by atoms with van der Waals surface area (Å²) >= 11 is 0. The maximum Gasteiger partial charge on any atom is 0.284 e. The molecule has 1 aliphatic carbocycles. The highest BCUT2D eigenvalue weighted by Gasteiger charge is 2.28. The number of methoxy groups -OCH3 is 1. The van der Waals surface area contributed by atoms with Gasteiger partial charge in [-0.25, -0.2) is 4.39 Å². The monoisotopic (exact) mass is 423 g/mol. The normalized spacial score (nSPS) is 18.0. The van der Waals surface area contributed by atoms with Crippen LogP contribution >= 0.6 is 0 Å². The second kappa shape index (κ2) is 8.69. The first-order chi connectivity index (χ1) is 15.0. The molecule has 2 unspecified atom stereocenters. The second-order valence-electron chi connectivity index (χ2n) is 7.45. The van der Waals surface area contributed by atoms with Crippen LogP contribution in [0.1, 0.15) is 29.6 Å². The van der Waals surface area contributed by atoms with Crippen molar-refractivity contribution < 1.29 is 19.0 Å². The average molecular weight is 423 g/mol. The van der Waals surface area contributed by atoms with E-state index in [0.29, 0.717) is 29.8 Å². The minimum absolute atomic E-state index is 0.135. The number of nitrogens with zero attached hydrogens (tertiary/aromatic N) is 2. The molecule has 0 spiro atoms. The van der Waals surface area contributed by atoms with Crippen LogP contribution in [0.2, 0.25) is 0 Å². The third kappa shape index (κ3) is 4.34. The summed E-state index contributed by atoms with van der Waals surface area (Å²) in [5.41, 5.74) is 0.414. The number of aliphatic hydroxyl groups is 1. The third-order valence-electron chi connectivity index (χ3n) is 5.39. The number of nitrogens with one attached hydrogen (secondary N) is 1. The predicted molar refractivity (Wildman–Crippen MR) is 113 cm³/mol. The van der Waals surface area contributed by atoms with Gasteiger partial charge in [-0.1, -0.05) is 6.07 Å². The molecule has 7 nitrogen and oxygen atoms in total. The van der Waals surface area contributed by atoms with E-state index in [2.05, 4.69) is 10.4 Å². The SMILES string of the molecule is COc1ccc(-c2cc(C(=O)NC3CCCC3O)c(=O)n(-c3cccc(F)c3)n2)cc1. The minimum Gasteiger partial charge on any atom is -0.497 e. The fourth-order valence-electron chi connectivity index (χ4n) is 3.70. The zero-order chi connectivity index (χ0) is 22.0. The first-order valence-corrected chi connectivity index (χ1v) is 10.00. The molecule has 2 N–H and O–H groups in total. The standard InChI is InChI=1S/C23H22FN3O4/c1-31-17-10-8-14(9-11-17)20-13-18(22(29)25-19-6-3-7-21(19)28)23(30)27(26-20)16-5-2-4-15(24)12-16/h2,4-5,8-13,19,21,28H,3,6-7H2,1H3,(H,25,29). The molecule has 2 aromatic carbocycles. The highest BCUT2D eigenvalue weighted by Crippen LogP contribution is 2.22. The Hall–Kier alpha value is -3.52. The zero-order valence-electron chi connectivity index (χ0n) is 16.9. The van der Waals surface area contributed by atoms with E-state index in [-0.39, 0.29) is 11.3 Å². The molecule has 1 aromatic heterocycles. The summed E-state index contributed by atoms with van der Waals surface area (Å²) in [6.07, 6.45) is 1.40. The zero-order valence-corrected chi connectivity index (χ0v) is 16.9. The highest BCUT2D eigenvalue weighted by atomic mass is 19.1. The van der Waals surface area contributed by atoms with Gasteiger partial charge in [0.1, 0.15) is 17.1 Å². The molecular formula is C23H22FN3O4. The van der Waals surface area contributed by atoms with Crippen LogP contribution in [0.3, 0.4) is 0 Å². The number of rotatable bonds is 5. The van der Waals surface area contributed by atoms with Gasteiger partial charge in [0.25, 0.3) is 11.5 Å². The quantitative estimate of drug-likeness (QED) is 0.658. The van der Waals surface area contributed by atoms with Crippen molar-refractivity contribution in [1.29, 1.82) is 0 Å². The Labute approximate surface area is 178 Å². The maximum atomic E-state index is 13.8. The molecule has 0 radical (unpaired) electrons. The van der Waals surface area contributed by atoms with Crippen LogP contribution in [0.25, 0.3) is 16.9 Å². The number of hydrogen-bond acceptors (Lipinski definition) is 5. The summed E-state index contributed by atoms with van der Waals surface area (Å²) in [6.45, 7) is 0. The molecule has 2 atom stereocenters. The Morgan fingerprint density at radius 1 is 1.19 bits per heavy atom. The van der Waals surface area contributed by atoms with Gasteiger partial charge in [0.2, 0.25) is 0 Å². The second-order valence-corrected chi connectivity index (χ2v) is 7.45. The fourth-order valence-corrected chi connectivity index (χ4v) is 3.70. The van der Waals surface area contributed by atoms with Crippen LogP contribution in [-0.4, -0.2) is 40.0 Å². The van der Waals surface area contributed by atoms with E-state index in [9.17, 15) is 19.1 Å². The molecular weight excluding hydrogens is 401 g/mol. The summed E-state index contributed by atoms with van der Waals surface area (Å²) in [5, 5.41) is 17.2. The molecule has 1 fully saturated rings. The van der Waals surface area contributed by atoms with Gasteiger partial charge >= 0.3 is 0 Å². The number of halogens is 1. The molecule has 1 amide bonds. The lowest BCUT2D eigenvalue weighted by molar-refractivity contribution is 0.0871. The van der Waals surface area contributed by atoms with Gasteiger partial charge in [0, 0.05) is 5.56 Å².